The van der Waals surface area contributed by atoms with Gasteiger partial charge in [-0.3, -0.25) is 0 Å². The van der Waals surface area contributed by atoms with Crippen LogP contribution in [-0.4, -0.2) is 12.6 Å². The first-order valence-electron chi connectivity index (χ1n) is 7.69. The standard InChI is InChI=1S/C18H25NO/c1-3-13-20-18-12-8-7-11-17(18)14-19-15(2)16-9-5-4-6-10-16/h1,7-8,11-12,15-16,19H,4-6,9-10,13-14H2,2H3/t15-/m0/s1. The van der Waals surface area contributed by atoms with E-state index in [2.05, 4.69) is 24.2 Å². The van der Waals surface area contributed by atoms with Crippen LogP contribution >= 0.6 is 0 Å². The van der Waals surface area contributed by atoms with E-state index in [-0.39, 0.29) is 0 Å². The van der Waals surface area contributed by atoms with Crippen molar-refractivity contribution in [2.24, 2.45) is 5.92 Å². The van der Waals surface area contributed by atoms with Gasteiger partial charge in [-0.15, -0.1) is 6.42 Å². The van der Waals surface area contributed by atoms with Crippen molar-refractivity contribution in [3.63, 3.8) is 0 Å². The van der Waals surface area contributed by atoms with Gasteiger partial charge in [0.25, 0.3) is 0 Å². The quantitative estimate of drug-likeness (QED) is 0.796. The van der Waals surface area contributed by atoms with Gasteiger partial charge in [0.05, 0.1) is 0 Å². The van der Waals surface area contributed by atoms with Crippen molar-refractivity contribution in [3.05, 3.63) is 29.8 Å². The van der Waals surface area contributed by atoms with E-state index in [4.69, 9.17) is 11.2 Å². The van der Waals surface area contributed by atoms with E-state index in [9.17, 15) is 0 Å². The molecule has 1 saturated carbocycles. The monoisotopic (exact) mass is 271 g/mol. The van der Waals surface area contributed by atoms with E-state index in [1.807, 2.05) is 18.2 Å². The first-order chi connectivity index (χ1) is 9.81. The van der Waals surface area contributed by atoms with Gasteiger partial charge >= 0.3 is 0 Å². The number of para-hydroxylation sites is 1. The van der Waals surface area contributed by atoms with Crippen LogP contribution in [-0.2, 0) is 6.54 Å². The molecular formula is C18H25NO. The van der Waals surface area contributed by atoms with Gasteiger partial charge in [-0.05, 0) is 31.7 Å². The van der Waals surface area contributed by atoms with Gasteiger partial charge in [-0.1, -0.05) is 43.4 Å². The minimum absolute atomic E-state index is 0.329. The van der Waals surface area contributed by atoms with Gasteiger partial charge in [-0.25, -0.2) is 0 Å². The largest absolute Gasteiger partial charge is 0.481 e. The molecule has 0 spiro atoms. The topological polar surface area (TPSA) is 21.3 Å². The predicted molar refractivity (Wildman–Crippen MR) is 83.6 cm³/mol. The van der Waals surface area contributed by atoms with E-state index in [1.54, 1.807) is 0 Å². The van der Waals surface area contributed by atoms with Gasteiger partial charge < -0.3 is 10.1 Å². The summed E-state index contributed by atoms with van der Waals surface area (Å²) in [7, 11) is 0. The highest BCUT2D eigenvalue weighted by atomic mass is 16.5. The zero-order chi connectivity index (χ0) is 14.2. The Bertz CT molecular complexity index is 443. The van der Waals surface area contributed by atoms with E-state index in [1.165, 1.54) is 37.7 Å². The van der Waals surface area contributed by atoms with Crippen LogP contribution in [0.2, 0.25) is 0 Å². The third kappa shape index (κ3) is 4.28. The Morgan fingerprint density at radius 3 is 2.80 bits per heavy atom. The molecule has 0 bridgehead atoms. The lowest BCUT2D eigenvalue weighted by Gasteiger charge is -2.28. The van der Waals surface area contributed by atoms with Gasteiger partial charge in [0.15, 0.2) is 0 Å². The fourth-order valence-corrected chi connectivity index (χ4v) is 2.98. The summed E-state index contributed by atoms with van der Waals surface area (Å²) in [5.41, 5.74) is 1.19. The summed E-state index contributed by atoms with van der Waals surface area (Å²) < 4.78 is 5.59. The smallest absolute Gasteiger partial charge is 0.148 e. The minimum Gasteiger partial charge on any atom is -0.481 e. The first-order valence-corrected chi connectivity index (χ1v) is 7.69. The molecule has 1 aliphatic carbocycles. The highest BCUT2D eigenvalue weighted by Gasteiger charge is 2.19. The second kappa shape index (κ2) is 7.97. The number of hydrogen-bond acceptors (Lipinski definition) is 2. The molecule has 1 aliphatic rings. The molecule has 1 aromatic rings. The molecule has 1 atom stereocenters. The molecule has 0 aromatic heterocycles. The van der Waals surface area contributed by atoms with Crippen molar-refractivity contribution in [3.8, 4) is 18.1 Å². The third-order valence-corrected chi connectivity index (χ3v) is 4.26. The Hall–Kier alpha value is -1.46. The molecular weight excluding hydrogens is 246 g/mol. The predicted octanol–water partition coefficient (Wildman–Crippen LogP) is 3.76. The van der Waals surface area contributed by atoms with Gasteiger partial charge in [0.1, 0.15) is 12.4 Å². The summed E-state index contributed by atoms with van der Waals surface area (Å²) in [4.78, 5) is 0. The highest BCUT2D eigenvalue weighted by Crippen LogP contribution is 2.27. The average Bonchev–Trinajstić information content (AvgIpc) is 2.52. The minimum atomic E-state index is 0.329. The summed E-state index contributed by atoms with van der Waals surface area (Å²) in [6.45, 7) is 3.48. The van der Waals surface area contributed by atoms with E-state index >= 15 is 0 Å². The molecule has 108 valence electrons. The molecule has 0 aliphatic heterocycles. The summed E-state index contributed by atoms with van der Waals surface area (Å²) in [6.07, 6.45) is 12.2. The number of ether oxygens (including phenoxy) is 1. The van der Waals surface area contributed by atoms with Crippen molar-refractivity contribution in [1.82, 2.24) is 5.32 Å². The molecule has 1 fully saturated rings. The van der Waals surface area contributed by atoms with Crippen molar-refractivity contribution < 1.29 is 4.74 Å². The van der Waals surface area contributed by atoms with Crippen molar-refractivity contribution in [2.45, 2.75) is 51.6 Å². The van der Waals surface area contributed by atoms with Crippen molar-refractivity contribution in [1.29, 1.82) is 0 Å². The van der Waals surface area contributed by atoms with Crippen LogP contribution in [0.5, 0.6) is 5.75 Å². The van der Waals surface area contributed by atoms with Crippen LogP contribution in [0, 0.1) is 18.3 Å². The maximum Gasteiger partial charge on any atom is 0.148 e. The molecule has 2 heteroatoms. The van der Waals surface area contributed by atoms with Crippen LogP contribution in [0.15, 0.2) is 24.3 Å². The Morgan fingerprint density at radius 1 is 1.30 bits per heavy atom. The normalized spacial score (nSPS) is 17.4. The van der Waals surface area contributed by atoms with Crippen LogP contribution in [0.3, 0.4) is 0 Å². The molecule has 1 N–H and O–H groups in total. The first kappa shape index (κ1) is 14.9. The Balaban J connectivity index is 1.88. The van der Waals surface area contributed by atoms with Crippen molar-refractivity contribution >= 4 is 0 Å². The Morgan fingerprint density at radius 2 is 2.05 bits per heavy atom. The van der Waals surface area contributed by atoms with E-state index in [0.717, 1.165) is 18.2 Å². The van der Waals surface area contributed by atoms with Gasteiger partial charge in [0, 0.05) is 18.2 Å². The van der Waals surface area contributed by atoms with E-state index in [0.29, 0.717) is 12.6 Å². The Labute approximate surface area is 122 Å². The van der Waals surface area contributed by atoms with Crippen molar-refractivity contribution in [2.75, 3.05) is 6.61 Å². The maximum atomic E-state index is 5.59. The SMILES string of the molecule is C#CCOc1ccccc1CN[C@@H](C)C1CCCCC1. The molecule has 0 amide bonds. The molecule has 0 heterocycles. The summed E-state index contributed by atoms with van der Waals surface area (Å²) in [5, 5.41) is 3.65. The zero-order valence-electron chi connectivity index (χ0n) is 12.4. The fourth-order valence-electron chi connectivity index (χ4n) is 2.98. The molecule has 1 aromatic carbocycles. The Kier molecular flexibility index (Phi) is 5.95. The second-order valence-corrected chi connectivity index (χ2v) is 5.67. The van der Waals surface area contributed by atoms with Gasteiger partial charge in [0.2, 0.25) is 0 Å². The number of hydrogen-bond donors (Lipinski definition) is 1. The molecule has 0 radical (unpaired) electrons. The average molecular weight is 271 g/mol. The maximum absolute atomic E-state index is 5.59. The van der Waals surface area contributed by atoms with Crippen LogP contribution in [0.4, 0.5) is 0 Å². The lowest BCUT2D eigenvalue weighted by Crippen LogP contribution is -2.34. The molecule has 0 saturated heterocycles. The number of nitrogens with one attached hydrogen (secondary N) is 1. The number of terminal acetylenes is 1. The summed E-state index contributed by atoms with van der Waals surface area (Å²) in [5.74, 6) is 4.24. The fraction of sp³-hybridized carbons (Fsp3) is 0.556. The lowest BCUT2D eigenvalue weighted by atomic mass is 9.84. The van der Waals surface area contributed by atoms with Crippen LogP contribution in [0.25, 0.3) is 0 Å². The number of rotatable bonds is 6. The van der Waals surface area contributed by atoms with Crippen LogP contribution in [0.1, 0.15) is 44.6 Å². The molecule has 20 heavy (non-hydrogen) atoms. The zero-order valence-corrected chi connectivity index (χ0v) is 12.4. The highest BCUT2D eigenvalue weighted by molar-refractivity contribution is 5.33. The van der Waals surface area contributed by atoms with E-state index < -0.39 is 0 Å². The summed E-state index contributed by atoms with van der Waals surface area (Å²) in [6, 6.07) is 8.69. The second-order valence-electron chi connectivity index (χ2n) is 5.67. The third-order valence-electron chi connectivity index (χ3n) is 4.26. The summed E-state index contributed by atoms with van der Waals surface area (Å²) >= 11 is 0. The number of benzene rings is 1. The van der Waals surface area contributed by atoms with Gasteiger partial charge in [-0.2, -0.15) is 0 Å². The molecule has 0 unspecified atom stereocenters. The molecule has 2 nitrogen and oxygen atoms in total. The van der Waals surface area contributed by atoms with Crippen LogP contribution < -0.4 is 10.1 Å². The molecule has 2 rings (SSSR count). The lowest BCUT2D eigenvalue weighted by molar-refractivity contribution is 0.279.